The Balaban J connectivity index is 1.85. The number of hydrogen-bond acceptors (Lipinski definition) is 3. The second-order valence-electron chi connectivity index (χ2n) is 5.79. The molecule has 3 aromatic rings. The fraction of sp³-hybridized carbons (Fsp3) is 0.100. The van der Waals surface area contributed by atoms with Gasteiger partial charge in [-0.3, -0.25) is 9.59 Å². The molecule has 0 fully saturated rings. The van der Waals surface area contributed by atoms with Gasteiger partial charge in [-0.15, -0.1) is 0 Å². The van der Waals surface area contributed by atoms with Crippen LogP contribution in [0.5, 0.6) is 5.75 Å². The number of amides is 2. The average Bonchev–Trinajstić information content (AvgIpc) is 3.12. The van der Waals surface area contributed by atoms with Gasteiger partial charge in [0.2, 0.25) is 5.91 Å². The van der Waals surface area contributed by atoms with Crippen LogP contribution >= 0.6 is 22.6 Å². The SMILES string of the molecule is COc1cc(NC(=O)c2cccn2-c2cccc(I)c2)ccc1NC(C)=O. The van der Waals surface area contributed by atoms with Crippen molar-refractivity contribution in [2.75, 3.05) is 17.7 Å². The highest BCUT2D eigenvalue weighted by Gasteiger charge is 2.14. The summed E-state index contributed by atoms with van der Waals surface area (Å²) in [6.45, 7) is 1.42. The maximum Gasteiger partial charge on any atom is 0.272 e. The summed E-state index contributed by atoms with van der Waals surface area (Å²) in [6, 6.07) is 16.6. The predicted octanol–water partition coefficient (Wildman–Crippen LogP) is 4.30. The summed E-state index contributed by atoms with van der Waals surface area (Å²) in [4.78, 5) is 24.0. The fourth-order valence-corrected chi connectivity index (χ4v) is 3.20. The molecule has 0 saturated carbocycles. The molecule has 0 radical (unpaired) electrons. The minimum atomic E-state index is -0.242. The summed E-state index contributed by atoms with van der Waals surface area (Å²) in [7, 11) is 1.51. The molecule has 2 aromatic carbocycles. The number of methoxy groups -OCH3 is 1. The number of carbonyl (C=O) groups excluding carboxylic acids is 2. The molecule has 0 aliphatic rings. The van der Waals surface area contributed by atoms with Crippen molar-refractivity contribution in [3.63, 3.8) is 0 Å². The fourth-order valence-electron chi connectivity index (χ4n) is 2.67. The minimum Gasteiger partial charge on any atom is -0.494 e. The van der Waals surface area contributed by atoms with Crippen molar-refractivity contribution in [3.05, 3.63) is 70.1 Å². The normalized spacial score (nSPS) is 10.3. The largest absolute Gasteiger partial charge is 0.494 e. The van der Waals surface area contributed by atoms with Crippen LogP contribution in [0, 0.1) is 3.57 Å². The molecule has 0 aliphatic heterocycles. The van der Waals surface area contributed by atoms with Crippen LogP contribution in [0.1, 0.15) is 17.4 Å². The highest BCUT2D eigenvalue weighted by molar-refractivity contribution is 14.1. The van der Waals surface area contributed by atoms with Crippen LogP contribution in [0.25, 0.3) is 5.69 Å². The molecular weight excluding hydrogens is 457 g/mol. The number of rotatable bonds is 5. The number of nitrogens with one attached hydrogen (secondary N) is 2. The van der Waals surface area contributed by atoms with E-state index < -0.39 is 0 Å². The molecule has 0 atom stereocenters. The van der Waals surface area contributed by atoms with Gasteiger partial charge >= 0.3 is 0 Å². The van der Waals surface area contributed by atoms with E-state index in [0.29, 0.717) is 22.8 Å². The van der Waals surface area contributed by atoms with Crippen LogP contribution in [-0.2, 0) is 4.79 Å². The summed E-state index contributed by atoms with van der Waals surface area (Å²) in [5, 5.41) is 5.56. The minimum absolute atomic E-state index is 0.194. The van der Waals surface area contributed by atoms with Crippen LogP contribution in [0.3, 0.4) is 0 Å². The lowest BCUT2D eigenvalue weighted by Crippen LogP contribution is -2.16. The molecule has 1 aromatic heterocycles. The quantitative estimate of drug-likeness (QED) is 0.541. The van der Waals surface area contributed by atoms with Crippen LogP contribution < -0.4 is 15.4 Å². The Morgan fingerprint density at radius 3 is 2.56 bits per heavy atom. The third kappa shape index (κ3) is 4.48. The van der Waals surface area contributed by atoms with Gasteiger partial charge in [-0.25, -0.2) is 0 Å². The topological polar surface area (TPSA) is 72.4 Å². The first-order chi connectivity index (χ1) is 13.0. The van der Waals surface area contributed by atoms with E-state index >= 15 is 0 Å². The number of carbonyl (C=O) groups is 2. The zero-order valence-corrected chi connectivity index (χ0v) is 17.0. The van der Waals surface area contributed by atoms with E-state index in [0.717, 1.165) is 9.26 Å². The number of ether oxygens (including phenoxy) is 1. The molecule has 0 aliphatic carbocycles. The molecule has 2 N–H and O–H groups in total. The van der Waals surface area contributed by atoms with Gasteiger partial charge in [0.1, 0.15) is 11.4 Å². The Labute approximate surface area is 170 Å². The van der Waals surface area contributed by atoms with Gasteiger partial charge in [0.25, 0.3) is 5.91 Å². The summed E-state index contributed by atoms with van der Waals surface area (Å²) in [6.07, 6.45) is 1.85. The monoisotopic (exact) mass is 475 g/mol. The molecule has 7 heteroatoms. The van der Waals surface area contributed by atoms with Gasteiger partial charge in [-0.05, 0) is 65.1 Å². The van der Waals surface area contributed by atoms with Crippen LogP contribution in [0.15, 0.2) is 60.8 Å². The van der Waals surface area contributed by atoms with Crippen LogP contribution in [0.4, 0.5) is 11.4 Å². The van der Waals surface area contributed by atoms with E-state index in [1.807, 2.05) is 41.1 Å². The van der Waals surface area contributed by atoms with Gasteiger partial charge in [0.05, 0.1) is 12.8 Å². The van der Waals surface area contributed by atoms with Crippen molar-refractivity contribution in [2.24, 2.45) is 0 Å². The van der Waals surface area contributed by atoms with Crippen LogP contribution in [-0.4, -0.2) is 23.5 Å². The maximum atomic E-state index is 12.8. The molecule has 1 heterocycles. The summed E-state index contributed by atoms with van der Waals surface area (Å²) < 4.78 is 8.21. The molecule has 0 bridgehead atoms. The first-order valence-corrected chi connectivity index (χ1v) is 9.26. The molecule has 0 unspecified atom stereocenters. The van der Waals surface area contributed by atoms with Crippen molar-refractivity contribution >= 4 is 45.8 Å². The maximum absolute atomic E-state index is 12.8. The molecule has 0 saturated heterocycles. The van der Waals surface area contributed by atoms with E-state index in [-0.39, 0.29) is 11.8 Å². The third-order valence-electron chi connectivity index (χ3n) is 3.84. The number of halogens is 1. The molecule has 3 rings (SSSR count). The Hall–Kier alpha value is -2.81. The van der Waals surface area contributed by atoms with Crippen molar-refractivity contribution in [3.8, 4) is 11.4 Å². The van der Waals surface area contributed by atoms with E-state index in [2.05, 4.69) is 33.2 Å². The molecule has 27 heavy (non-hydrogen) atoms. The first-order valence-electron chi connectivity index (χ1n) is 8.18. The number of nitrogens with zero attached hydrogens (tertiary/aromatic N) is 1. The van der Waals surface area contributed by atoms with Crippen LogP contribution in [0.2, 0.25) is 0 Å². The standard InChI is InChI=1S/C20H18IN3O3/c1-13(25)22-17-9-8-15(12-19(17)27-2)23-20(26)18-7-4-10-24(18)16-6-3-5-14(21)11-16/h3-12H,1-2H3,(H,22,25)(H,23,26). The van der Waals surface area contributed by atoms with Crippen molar-refractivity contribution in [2.45, 2.75) is 6.92 Å². The molecular formula is C20H18IN3O3. The Morgan fingerprint density at radius 2 is 1.85 bits per heavy atom. The lowest BCUT2D eigenvalue weighted by Gasteiger charge is -2.13. The van der Waals surface area contributed by atoms with Gasteiger partial charge in [0.15, 0.2) is 0 Å². The lowest BCUT2D eigenvalue weighted by molar-refractivity contribution is -0.114. The predicted molar refractivity (Wildman–Crippen MR) is 114 cm³/mol. The third-order valence-corrected chi connectivity index (χ3v) is 4.51. The van der Waals surface area contributed by atoms with E-state index in [1.165, 1.54) is 14.0 Å². The zero-order valence-electron chi connectivity index (χ0n) is 14.8. The summed E-state index contributed by atoms with van der Waals surface area (Å²) in [5.74, 6) is 0.0320. The Bertz CT molecular complexity index is 998. The smallest absolute Gasteiger partial charge is 0.272 e. The number of benzene rings is 2. The number of anilines is 2. The first kappa shape index (κ1) is 19.0. The summed E-state index contributed by atoms with van der Waals surface area (Å²) >= 11 is 2.24. The van der Waals surface area contributed by atoms with Crippen molar-refractivity contribution < 1.29 is 14.3 Å². The Morgan fingerprint density at radius 1 is 1.04 bits per heavy atom. The second kappa shape index (κ2) is 8.26. The van der Waals surface area contributed by atoms with Gasteiger partial charge in [-0.1, -0.05) is 6.07 Å². The summed E-state index contributed by atoms with van der Waals surface area (Å²) in [5.41, 5.74) is 2.55. The van der Waals surface area contributed by atoms with Gasteiger partial charge in [0, 0.05) is 34.1 Å². The highest BCUT2D eigenvalue weighted by atomic mass is 127. The van der Waals surface area contributed by atoms with E-state index in [9.17, 15) is 9.59 Å². The lowest BCUT2D eigenvalue weighted by atomic mass is 10.2. The average molecular weight is 475 g/mol. The molecule has 6 nitrogen and oxygen atoms in total. The van der Waals surface area contributed by atoms with E-state index in [4.69, 9.17) is 4.74 Å². The second-order valence-corrected chi connectivity index (χ2v) is 7.04. The number of hydrogen-bond donors (Lipinski definition) is 2. The van der Waals surface area contributed by atoms with Crippen molar-refractivity contribution in [1.82, 2.24) is 4.57 Å². The molecule has 138 valence electrons. The molecule has 0 spiro atoms. The van der Waals surface area contributed by atoms with E-state index in [1.54, 1.807) is 24.3 Å². The van der Waals surface area contributed by atoms with Gasteiger partial charge in [-0.2, -0.15) is 0 Å². The highest BCUT2D eigenvalue weighted by Crippen LogP contribution is 2.28. The zero-order chi connectivity index (χ0) is 19.4. The van der Waals surface area contributed by atoms with Crippen molar-refractivity contribution in [1.29, 1.82) is 0 Å². The number of aromatic nitrogens is 1. The van der Waals surface area contributed by atoms with Gasteiger partial charge < -0.3 is 19.9 Å². The Kier molecular flexibility index (Phi) is 5.80. The molecule has 2 amide bonds.